The quantitative estimate of drug-likeness (QED) is 0.568. The van der Waals surface area contributed by atoms with Gasteiger partial charge in [-0.25, -0.2) is 0 Å². The third kappa shape index (κ3) is 0.554. The van der Waals surface area contributed by atoms with E-state index in [-0.39, 0.29) is 0 Å². The molecule has 0 N–H and O–H groups in total. The molecule has 3 unspecified atom stereocenters. The van der Waals surface area contributed by atoms with E-state index in [0.29, 0.717) is 0 Å². The normalized spacial score (nSPS) is 53.7. The lowest BCUT2D eigenvalue weighted by molar-refractivity contribution is 0.241. The largest absolute Gasteiger partial charge is 0.0648 e. The summed E-state index contributed by atoms with van der Waals surface area (Å²) in [6, 6.07) is 0. The van der Waals surface area contributed by atoms with Gasteiger partial charge in [0.25, 0.3) is 0 Å². The molecule has 0 nitrogen and oxygen atoms in total. The molecule has 0 aliphatic heterocycles. The van der Waals surface area contributed by atoms with Crippen molar-refractivity contribution in [1.82, 2.24) is 0 Å². The van der Waals surface area contributed by atoms with Gasteiger partial charge in [-0.05, 0) is 41.9 Å². The molecule has 0 amide bonds. The maximum atomic E-state index is 2.51. The van der Waals surface area contributed by atoms with Crippen molar-refractivity contribution in [3.8, 4) is 0 Å². The summed E-state index contributed by atoms with van der Waals surface area (Å²) in [7, 11) is 0. The molecule has 0 radical (unpaired) electrons. The van der Waals surface area contributed by atoms with Gasteiger partial charge >= 0.3 is 0 Å². The number of rotatable bonds is 2. The molecule has 11 heavy (non-hydrogen) atoms. The summed E-state index contributed by atoms with van der Waals surface area (Å²) in [6.07, 6.45) is 4.46. The van der Waals surface area contributed by atoms with Crippen molar-refractivity contribution < 1.29 is 0 Å². The molecule has 0 aromatic heterocycles. The van der Waals surface area contributed by atoms with Crippen LogP contribution in [0.5, 0.6) is 0 Å². The van der Waals surface area contributed by atoms with E-state index in [1.165, 1.54) is 19.3 Å². The van der Waals surface area contributed by atoms with Crippen LogP contribution >= 0.6 is 0 Å². The Morgan fingerprint density at radius 3 is 2.18 bits per heavy atom. The van der Waals surface area contributed by atoms with Crippen molar-refractivity contribution in [2.75, 3.05) is 0 Å². The van der Waals surface area contributed by atoms with E-state index in [9.17, 15) is 0 Å². The van der Waals surface area contributed by atoms with Crippen molar-refractivity contribution in [1.29, 1.82) is 0 Å². The molecule has 0 aromatic carbocycles. The first kappa shape index (κ1) is 7.64. The molecule has 2 aliphatic carbocycles. The van der Waals surface area contributed by atoms with Gasteiger partial charge in [-0.15, -0.1) is 0 Å². The zero-order chi connectivity index (χ0) is 8.28. The summed E-state index contributed by atoms with van der Waals surface area (Å²) in [5.74, 6) is 2.00. The van der Waals surface area contributed by atoms with Gasteiger partial charge in [0.15, 0.2) is 0 Å². The lowest BCUT2D eigenvalue weighted by atomic mass is 9.79. The first-order valence-electron chi connectivity index (χ1n) is 5.09. The summed E-state index contributed by atoms with van der Waals surface area (Å²) >= 11 is 0. The van der Waals surface area contributed by atoms with Gasteiger partial charge in [0.2, 0.25) is 0 Å². The predicted octanol–water partition coefficient (Wildman–Crippen LogP) is 3.47. The van der Waals surface area contributed by atoms with Gasteiger partial charge in [0.05, 0.1) is 0 Å². The summed E-state index contributed by atoms with van der Waals surface area (Å²) in [4.78, 5) is 0. The van der Waals surface area contributed by atoms with E-state index in [4.69, 9.17) is 0 Å². The van der Waals surface area contributed by atoms with E-state index in [0.717, 1.165) is 22.7 Å². The Bertz CT molecular complexity index is 178. The Balaban J connectivity index is 2.20. The molecule has 2 saturated carbocycles. The van der Waals surface area contributed by atoms with Crippen LogP contribution in [-0.4, -0.2) is 0 Å². The third-order valence-electron chi connectivity index (χ3n) is 5.09. The van der Waals surface area contributed by atoms with Crippen LogP contribution in [-0.2, 0) is 0 Å². The molecule has 0 heterocycles. The summed E-state index contributed by atoms with van der Waals surface area (Å²) in [6.45, 7) is 9.68. The van der Waals surface area contributed by atoms with Crippen molar-refractivity contribution >= 4 is 0 Å². The van der Waals surface area contributed by atoms with E-state index < -0.39 is 0 Å². The second kappa shape index (κ2) is 1.84. The first-order valence-corrected chi connectivity index (χ1v) is 5.09. The van der Waals surface area contributed by atoms with Crippen LogP contribution in [0.2, 0.25) is 0 Å². The first-order chi connectivity index (χ1) is 5.09. The highest BCUT2D eigenvalue weighted by Crippen LogP contribution is 2.84. The topological polar surface area (TPSA) is 0 Å². The van der Waals surface area contributed by atoms with Crippen molar-refractivity contribution in [3.63, 3.8) is 0 Å². The van der Waals surface area contributed by atoms with Crippen LogP contribution in [0.3, 0.4) is 0 Å². The summed E-state index contributed by atoms with van der Waals surface area (Å²) in [5.41, 5.74) is 1.53. The van der Waals surface area contributed by atoms with E-state index in [2.05, 4.69) is 27.7 Å². The van der Waals surface area contributed by atoms with Crippen LogP contribution < -0.4 is 0 Å². The van der Waals surface area contributed by atoms with Gasteiger partial charge in [-0.3, -0.25) is 0 Å². The van der Waals surface area contributed by atoms with E-state index in [1.54, 1.807) is 0 Å². The lowest BCUT2D eigenvalue weighted by Gasteiger charge is -2.26. The van der Waals surface area contributed by atoms with Gasteiger partial charge in [0.1, 0.15) is 0 Å². The Kier molecular flexibility index (Phi) is 1.28. The molecule has 2 fully saturated rings. The highest BCUT2D eigenvalue weighted by molar-refractivity contribution is 5.25. The molecule has 64 valence electrons. The van der Waals surface area contributed by atoms with Gasteiger partial charge in [-0.2, -0.15) is 0 Å². The minimum Gasteiger partial charge on any atom is -0.0648 e. The van der Waals surface area contributed by atoms with Crippen molar-refractivity contribution in [2.45, 2.75) is 47.0 Å². The highest BCUT2D eigenvalue weighted by Gasteiger charge is 2.77. The second-order valence-corrected chi connectivity index (χ2v) is 5.04. The molecule has 0 aromatic rings. The molecule has 0 bridgehead atoms. The number of hydrogen-bond donors (Lipinski definition) is 0. The predicted molar refractivity (Wildman–Crippen MR) is 48.4 cm³/mol. The zero-order valence-corrected chi connectivity index (χ0v) is 8.28. The number of fused-ring (bicyclic) bond motifs is 1. The van der Waals surface area contributed by atoms with E-state index in [1.807, 2.05) is 0 Å². The maximum absolute atomic E-state index is 2.51. The average Bonchev–Trinajstić information content (AvgIpc) is 2.23. The van der Waals surface area contributed by atoms with Crippen LogP contribution in [0.4, 0.5) is 0 Å². The smallest absolute Gasteiger partial charge is 0.0207 e. The molecular formula is C11H20. The summed E-state index contributed by atoms with van der Waals surface area (Å²) < 4.78 is 0. The minimum absolute atomic E-state index is 0.724. The molecule has 3 atom stereocenters. The second-order valence-electron chi connectivity index (χ2n) is 5.04. The van der Waals surface area contributed by atoms with Crippen LogP contribution in [0.1, 0.15) is 47.0 Å². The Morgan fingerprint density at radius 2 is 2.09 bits per heavy atom. The average molecular weight is 152 g/mol. The minimum atomic E-state index is 0.724. The standard InChI is InChI=1S/C11H20/c1-5-11-7-6-9(11)10(11,4)8(2)3/h8-9H,5-7H2,1-4H3. The fourth-order valence-corrected chi connectivity index (χ4v) is 3.89. The Morgan fingerprint density at radius 1 is 1.45 bits per heavy atom. The van der Waals surface area contributed by atoms with Crippen molar-refractivity contribution in [2.24, 2.45) is 22.7 Å². The fourth-order valence-electron chi connectivity index (χ4n) is 3.89. The fraction of sp³-hybridized carbons (Fsp3) is 1.00. The van der Waals surface area contributed by atoms with Crippen LogP contribution in [0.15, 0.2) is 0 Å². The van der Waals surface area contributed by atoms with Gasteiger partial charge in [-0.1, -0.05) is 27.7 Å². The van der Waals surface area contributed by atoms with Crippen molar-refractivity contribution in [3.05, 3.63) is 0 Å². The zero-order valence-electron chi connectivity index (χ0n) is 8.28. The highest BCUT2D eigenvalue weighted by atomic mass is 14.8. The summed E-state index contributed by atoms with van der Waals surface area (Å²) in [5, 5.41) is 0. The monoisotopic (exact) mass is 152 g/mol. The Hall–Kier alpha value is 0. The van der Waals surface area contributed by atoms with Crippen LogP contribution in [0, 0.1) is 22.7 Å². The molecule has 2 aliphatic rings. The van der Waals surface area contributed by atoms with Gasteiger partial charge < -0.3 is 0 Å². The number of hydrogen-bond acceptors (Lipinski definition) is 0. The molecular weight excluding hydrogens is 132 g/mol. The third-order valence-corrected chi connectivity index (χ3v) is 5.09. The maximum Gasteiger partial charge on any atom is -0.0207 e. The molecule has 0 saturated heterocycles. The van der Waals surface area contributed by atoms with Gasteiger partial charge in [0, 0.05) is 0 Å². The molecule has 0 spiro atoms. The lowest BCUT2D eigenvalue weighted by Crippen LogP contribution is -2.16. The van der Waals surface area contributed by atoms with Crippen LogP contribution in [0.25, 0.3) is 0 Å². The molecule has 0 heteroatoms. The van der Waals surface area contributed by atoms with E-state index >= 15 is 0 Å². The molecule has 2 rings (SSSR count). The Labute approximate surface area is 70.4 Å². The SMILES string of the molecule is CCC12CCC1C2(C)C(C)C.